The van der Waals surface area contributed by atoms with Gasteiger partial charge in [-0.25, -0.2) is 14.4 Å². The predicted molar refractivity (Wildman–Crippen MR) is 122 cm³/mol. The maximum atomic E-state index is 14.0. The van der Waals surface area contributed by atoms with E-state index in [9.17, 15) is 9.18 Å². The summed E-state index contributed by atoms with van der Waals surface area (Å²) in [6.45, 7) is 3.25. The third kappa shape index (κ3) is 2.92. The van der Waals surface area contributed by atoms with E-state index < -0.39 is 0 Å². The zero-order valence-corrected chi connectivity index (χ0v) is 17.2. The third-order valence-corrected chi connectivity index (χ3v) is 6.90. The average molecular weight is 432 g/mol. The Hall–Kier alpha value is -3.59. The topological polar surface area (TPSA) is 78.0 Å². The van der Waals surface area contributed by atoms with Crippen LogP contribution in [0.1, 0.15) is 0 Å². The minimum Gasteiger partial charge on any atom is -0.352 e. The van der Waals surface area contributed by atoms with E-state index >= 15 is 0 Å². The van der Waals surface area contributed by atoms with E-state index in [1.165, 1.54) is 12.1 Å². The molecule has 0 bridgehead atoms. The molecular formula is C22H17FN6OS. The monoisotopic (exact) mass is 432 g/mol. The van der Waals surface area contributed by atoms with Crippen LogP contribution < -0.4 is 15.4 Å². The van der Waals surface area contributed by atoms with Crippen LogP contribution in [0.15, 0.2) is 53.8 Å². The minimum absolute atomic E-state index is 0.220. The van der Waals surface area contributed by atoms with Crippen molar-refractivity contribution in [3.8, 4) is 0 Å². The van der Waals surface area contributed by atoms with Gasteiger partial charge in [-0.15, -0.1) is 0 Å². The van der Waals surface area contributed by atoms with Crippen molar-refractivity contribution >= 4 is 54.0 Å². The van der Waals surface area contributed by atoms with E-state index in [0.29, 0.717) is 10.8 Å². The highest BCUT2D eigenvalue weighted by Gasteiger charge is 2.23. The first-order valence-corrected chi connectivity index (χ1v) is 10.8. The Morgan fingerprint density at radius 2 is 1.84 bits per heavy atom. The number of piperazine rings is 1. The van der Waals surface area contributed by atoms with Crippen molar-refractivity contribution in [1.82, 2.24) is 19.9 Å². The molecule has 1 aliphatic heterocycles. The van der Waals surface area contributed by atoms with Crippen LogP contribution in [0.25, 0.3) is 31.8 Å². The van der Waals surface area contributed by atoms with E-state index in [1.807, 2.05) is 6.07 Å². The zero-order valence-electron chi connectivity index (χ0n) is 16.4. The van der Waals surface area contributed by atoms with Gasteiger partial charge in [0.2, 0.25) is 0 Å². The van der Waals surface area contributed by atoms with Gasteiger partial charge in [0.05, 0.1) is 21.8 Å². The standard InChI is InChI=1S/C22H17FN6OS/c23-13-1-2-14-16(11-13)18-15(3-4-26-21(18)30)20-19(14)27-22(31-20)29-9-7-28(8-10-29)17-12-24-5-6-25-17/h1-6,11-12H,7-10H2,(H,26,30). The lowest BCUT2D eigenvalue weighted by atomic mass is 10.0. The summed E-state index contributed by atoms with van der Waals surface area (Å²) >= 11 is 1.58. The molecule has 7 nitrogen and oxygen atoms in total. The van der Waals surface area contributed by atoms with Gasteiger partial charge >= 0.3 is 0 Å². The van der Waals surface area contributed by atoms with Crippen molar-refractivity contribution in [3.05, 3.63) is 65.2 Å². The number of anilines is 2. The highest BCUT2D eigenvalue weighted by atomic mass is 32.1. The number of hydrogen-bond donors (Lipinski definition) is 1. The highest BCUT2D eigenvalue weighted by Crippen LogP contribution is 2.39. The molecule has 9 heteroatoms. The highest BCUT2D eigenvalue weighted by molar-refractivity contribution is 7.23. The summed E-state index contributed by atoms with van der Waals surface area (Å²) in [6, 6.07) is 6.43. The number of aromatic nitrogens is 4. The number of H-pyrrole nitrogens is 1. The number of fused-ring (bicyclic) bond motifs is 6. The Balaban J connectivity index is 1.45. The van der Waals surface area contributed by atoms with E-state index in [4.69, 9.17) is 4.98 Å². The molecule has 3 aromatic heterocycles. The summed E-state index contributed by atoms with van der Waals surface area (Å²) < 4.78 is 15.0. The quantitative estimate of drug-likeness (QED) is 0.430. The summed E-state index contributed by atoms with van der Waals surface area (Å²) in [4.78, 5) is 33.3. The van der Waals surface area contributed by atoms with Crippen molar-refractivity contribution in [2.45, 2.75) is 0 Å². The van der Waals surface area contributed by atoms with Crippen molar-refractivity contribution in [2.24, 2.45) is 0 Å². The third-order valence-electron chi connectivity index (χ3n) is 5.75. The molecule has 0 unspecified atom stereocenters. The Kier molecular flexibility index (Phi) is 4.10. The molecule has 0 radical (unpaired) electrons. The molecule has 0 atom stereocenters. The number of pyridine rings is 1. The second kappa shape index (κ2) is 6.98. The second-order valence-electron chi connectivity index (χ2n) is 7.50. The average Bonchev–Trinajstić information content (AvgIpc) is 3.26. The molecule has 5 aromatic rings. The molecule has 6 rings (SSSR count). The number of hydrogen-bond acceptors (Lipinski definition) is 7. The molecule has 4 heterocycles. The molecule has 0 aliphatic carbocycles. The van der Waals surface area contributed by atoms with Crippen LogP contribution in [0.4, 0.5) is 15.3 Å². The van der Waals surface area contributed by atoms with Gasteiger partial charge < -0.3 is 14.8 Å². The molecule has 0 spiro atoms. The van der Waals surface area contributed by atoms with Crippen LogP contribution in [0, 0.1) is 5.82 Å². The number of nitrogens with zero attached hydrogens (tertiary/aromatic N) is 5. The molecular weight excluding hydrogens is 415 g/mol. The van der Waals surface area contributed by atoms with Gasteiger partial charge in [0.15, 0.2) is 5.13 Å². The van der Waals surface area contributed by atoms with Gasteiger partial charge in [0.1, 0.15) is 11.6 Å². The van der Waals surface area contributed by atoms with Gasteiger partial charge in [0.25, 0.3) is 5.56 Å². The zero-order chi connectivity index (χ0) is 20.9. The van der Waals surface area contributed by atoms with Crippen LogP contribution in [0.2, 0.25) is 0 Å². The fourth-order valence-electron chi connectivity index (χ4n) is 4.26. The van der Waals surface area contributed by atoms with Gasteiger partial charge in [-0.3, -0.25) is 9.78 Å². The van der Waals surface area contributed by atoms with Crippen molar-refractivity contribution in [1.29, 1.82) is 0 Å². The number of halogens is 1. The molecule has 1 N–H and O–H groups in total. The summed E-state index contributed by atoms with van der Waals surface area (Å²) in [6.07, 6.45) is 6.79. The number of aromatic amines is 1. The van der Waals surface area contributed by atoms with Gasteiger partial charge in [-0.2, -0.15) is 0 Å². The number of rotatable bonds is 2. The van der Waals surface area contributed by atoms with E-state index in [-0.39, 0.29) is 11.4 Å². The van der Waals surface area contributed by atoms with Gasteiger partial charge in [-0.05, 0) is 24.3 Å². The molecule has 0 saturated carbocycles. The molecule has 1 saturated heterocycles. The molecule has 1 aliphatic rings. The first-order chi connectivity index (χ1) is 15.2. The Morgan fingerprint density at radius 1 is 1.00 bits per heavy atom. The van der Waals surface area contributed by atoms with Crippen LogP contribution in [-0.4, -0.2) is 46.1 Å². The van der Waals surface area contributed by atoms with Crippen LogP contribution >= 0.6 is 11.3 Å². The smallest absolute Gasteiger partial charge is 0.256 e. The maximum absolute atomic E-state index is 14.0. The minimum atomic E-state index is -0.369. The first kappa shape index (κ1) is 18.2. The van der Waals surface area contributed by atoms with Crippen molar-refractivity contribution < 1.29 is 4.39 Å². The number of nitrogens with one attached hydrogen (secondary N) is 1. The Labute approximate surface area is 179 Å². The van der Waals surface area contributed by atoms with Crippen LogP contribution in [0.5, 0.6) is 0 Å². The van der Waals surface area contributed by atoms with Crippen molar-refractivity contribution in [3.63, 3.8) is 0 Å². The molecule has 154 valence electrons. The summed E-state index contributed by atoms with van der Waals surface area (Å²) in [5.41, 5.74) is 0.590. The van der Waals surface area contributed by atoms with E-state index in [0.717, 1.165) is 58.1 Å². The van der Waals surface area contributed by atoms with Crippen LogP contribution in [0.3, 0.4) is 0 Å². The van der Waals surface area contributed by atoms with Gasteiger partial charge in [0, 0.05) is 60.9 Å². The molecule has 1 fully saturated rings. The summed E-state index contributed by atoms with van der Waals surface area (Å²) in [5.74, 6) is 0.511. The molecule has 2 aromatic carbocycles. The largest absolute Gasteiger partial charge is 0.352 e. The Bertz CT molecular complexity index is 1490. The van der Waals surface area contributed by atoms with Crippen LogP contribution in [-0.2, 0) is 0 Å². The fourth-order valence-corrected chi connectivity index (χ4v) is 5.42. The van der Waals surface area contributed by atoms with E-state index in [1.54, 1.807) is 42.2 Å². The van der Waals surface area contributed by atoms with Gasteiger partial charge in [-0.1, -0.05) is 11.3 Å². The second-order valence-corrected chi connectivity index (χ2v) is 8.47. The summed E-state index contributed by atoms with van der Waals surface area (Å²) in [7, 11) is 0. The van der Waals surface area contributed by atoms with E-state index in [2.05, 4.69) is 24.8 Å². The predicted octanol–water partition coefficient (Wildman–Crippen LogP) is 3.55. The lowest BCUT2D eigenvalue weighted by Gasteiger charge is -2.34. The number of benzene rings is 2. The fraction of sp³-hybridized carbons (Fsp3) is 0.182. The SMILES string of the molecule is O=c1[nH]ccc2c3sc(N4CCN(c5cnccn5)CC4)nc3c3ccc(F)cc3c12. The maximum Gasteiger partial charge on any atom is 0.256 e. The number of thiazole rings is 1. The first-order valence-electron chi connectivity index (χ1n) is 9.98. The lowest BCUT2D eigenvalue weighted by Crippen LogP contribution is -2.46. The lowest BCUT2D eigenvalue weighted by molar-refractivity contribution is 0.630. The van der Waals surface area contributed by atoms with Crippen molar-refractivity contribution in [2.75, 3.05) is 36.0 Å². The summed E-state index contributed by atoms with van der Waals surface area (Å²) in [5, 5.41) is 3.60. The normalized spacial score (nSPS) is 14.7. The molecule has 0 amide bonds. The molecule has 31 heavy (non-hydrogen) atoms. The Morgan fingerprint density at radius 3 is 2.65 bits per heavy atom.